The summed E-state index contributed by atoms with van der Waals surface area (Å²) in [6.07, 6.45) is 6.56. The summed E-state index contributed by atoms with van der Waals surface area (Å²) >= 11 is 0. The predicted molar refractivity (Wildman–Crippen MR) is 144 cm³/mol. The van der Waals surface area contributed by atoms with E-state index in [1.54, 1.807) is 0 Å². The predicted octanol–water partition coefficient (Wildman–Crippen LogP) is 8.59. The first-order chi connectivity index (χ1) is 16.9. The first-order valence-corrected chi connectivity index (χ1v) is 12.0. The molecule has 0 bridgehead atoms. The van der Waals surface area contributed by atoms with Crippen LogP contribution in [-0.2, 0) is 6.42 Å². The van der Waals surface area contributed by atoms with Gasteiger partial charge in [-0.3, -0.25) is 4.98 Å². The maximum atomic E-state index is 4.63. The van der Waals surface area contributed by atoms with Gasteiger partial charge in [0.05, 0.1) is 5.52 Å². The molecule has 0 unspecified atom stereocenters. The van der Waals surface area contributed by atoms with Gasteiger partial charge in [0.1, 0.15) is 0 Å². The fourth-order valence-corrected chi connectivity index (χ4v) is 5.74. The van der Waals surface area contributed by atoms with Gasteiger partial charge >= 0.3 is 0 Å². The summed E-state index contributed by atoms with van der Waals surface area (Å²) < 4.78 is 0. The number of para-hydroxylation sites is 1. The van der Waals surface area contributed by atoms with Crippen LogP contribution in [0.2, 0.25) is 0 Å². The van der Waals surface area contributed by atoms with Gasteiger partial charge in [-0.1, -0.05) is 97.1 Å². The Morgan fingerprint density at radius 3 is 1.82 bits per heavy atom. The van der Waals surface area contributed by atoms with Gasteiger partial charge in [0.25, 0.3) is 0 Å². The number of aryl methyl sites for hydroxylation is 1. The molecule has 0 amide bonds. The lowest BCUT2D eigenvalue weighted by Crippen LogP contribution is -2.02. The number of rotatable bonds is 2. The minimum absolute atomic E-state index is 1.03. The van der Waals surface area contributed by atoms with Crippen LogP contribution < -0.4 is 0 Å². The molecule has 1 aromatic heterocycles. The lowest BCUT2D eigenvalue weighted by Gasteiger charge is -2.23. The molecule has 1 aliphatic carbocycles. The molecule has 1 heteroatoms. The van der Waals surface area contributed by atoms with Crippen LogP contribution in [0.5, 0.6) is 0 Å². The molecule has 1 heterocycles. The minimum atomic E-state index is 1.03. The number of benzene rings is 5. The Labute approximate surface area is 199 Å². The van der Waals surface area contributed by atoms with E-state index in [0.717, 1.165) is 18.4 Å². The molecule has 0 atom stereocenters. The molecule has 0 aliphatic heterocycles. The zero-order valence-corrected chi connectivity index (χ0v) is 18.8. The highest BCUT2D eigenvalue weighted by Gasteiger charge is 2.21. The Kier molecular flexibility index (Phi) is 4.35. The van der Waals surface area contributed by atoms with Crippen molar-refractivity contribution in [3.05, 3.63) is 132 Å². The van der Waals surface area contributed by atoms with Gasteiger partial charge in [0.2, 0.25) is 0 Å². The summed E-state index contributed by atoms with van der Waals surface area (Å²) in [7, 11) is 0. The first kappa shape index (κ1) is 19.3. The molecule has 1 nitrogen and oxygen atoms in total. The number of hydrogen-bond donors (Lipinski definition) is 0. The summed E-state index contributed by atoms with van der Waals surface area (Å²) in [6.45, 7) is 0. The molecular formula is C33H23N. The number of aromatic nitrogens is 1. The Hall–Kier alpha value is -4.23. The average Bonchev–Trinajstić information content (AvgIpc) is 2.91. The fourth-order valence-electron chi connectivity index (χ4n) is 5.74. The highest BCUT2D eigenvalue weighted by atomic mass is 14.6. The van der Waals surface area contributed by atoms with Gasteiger partial charge in [0.15, 0.2) is 0 Å². The van der Waals surface area contributed by atoms with Crippen molar-refractivity contribution in [1.29, 1.82) is 0 Å². The summed E-state index contributed by atoms with van der Waals surface area (Å²) in [5, 5.41) is 6.38. The van der Waals surface area contributed by atoms with E-state index in [-0.39, 0.29) is 0 Å². The van der Waals surface area contributed by atoms with Crippen LogP contribution in [0.1, 0.15) is 23.1 Å². The van der Waals surface area contributed by atoms with Crippen molar-refractivity contribution in [3.63, 3.8) is 0 Å². The van der Waals surface area contributed by atoms with Crippen LogP contribution in [0.15, 0.2) is 115 Å². The lowest BCUT2D eigenvalue weighted by molar-refractivity contribution is 0.978. The second-order valence-corrected chi connectivity index (χ2v) is 9.03. The van der Waals surface area contributed by atoms with E-state index in [1.807, 2.05) is 6.20 Å². The molecule has 7 rings (SSSR count). The number of hydrogen-bond acceptors (Lipinski definition) is 1. The van der Waals surface area contributed by atoms with E-state index >= 15 is 0 Å². The molecule has 5 aromatic carbocycles. The fraction of sp³-hybridized carbons (Fsp3) is 0.0606. The van der Waals surface area contributed by atoms with Crippen molar-refractivity contribution in [2.24, 2.45) is 0 Å². The van der Waals surface area contributed by atoms with Gasteiger partial charge < -0.3 is 0 Å². The number of allylic oxidation sites excluding steroid dienone is 1. The molecule has 0 saturated heterocycles. The average molecular weight is 434 g/mol. The molecule has 0 fully saturated rings. The smallest absolute Gasteiger partial charge is 0.0708 e. The Morgan fingerprint density at radius 1 is 0.500 bits per heavy atom. The Morgan fingerprint density at radius 2 is 1.09 bits per heavy atom. The molecule has 0 spiro atoms. The van der Waals surface area contributed by atoms with E-state index in [0.29, 0.717) is 0 Å². The molecule has 0 saturated carbocycles. The van der Waals surface area contributed by atoms with Gasteiger partial charge in [-0.05, 0) is 79.9 Å². The highest BCUT2D eigenvalue weighted by Crippen LogP contribution is 2.45. The standard InChI is InChI=1S/C33H23N/c1-2-12-23-22(10-1)11-9-18-25(23)32-26-14-3-5-16-28(26)33(29-17-6-4-15-27(29)32)30-20-21-34-31-19-8-7-13-24(30)31/h1-8,10,12-21H,9,11H2. The van der Waals surface area contributed by atoms with Crippen molar-refractivity contribution in [2.45, 2.75) is 12.8 Å². The molecule has 6 aromatic rings. The monoisotopic (exact) mass is 433 g/mol. The number of pyridine rings is 1. The maximum absolute atomic E-state index is 4.63. The number of fused-ring (bicyclic) bond motifs is 4. The lowest BCUT2D eigenvalue weighted by atomic mass is 9.80. The van der Waals surface area contributed by atoms with Gasteiger partial charge in [-0.25, -0.2) is 0 Å². The zero-order chi connectivity index (χ0) is 22.5. The number of nitrogens with zero attached hydrogens (tertiary/aromatic N) is 1. The third-order valence-corrected chi connectivity index (χ3v) is 7.19. The van der Waals surface area contributed by atoms with Crippen molar-refractivity contribution in [1.82, 2.24) is 4.98 Å². The summed E-state index contributed by atoms with van der Waals surface area (Å²) in [4.78, 5) is 4.63. The zero-order valence-electron chi connectivity index (χ0n) is 18.8. The van der Waals surface area contributed by atoms with E-state index in [1.165, 1.54) is 60.3 Å². The third kappa shape index (κ3) is 2.84. The highest BCUT2D eigenvalue weighted by molar-refractivity contribution is 6.22. The topological polar surface area (TPSA) is 12.9 Å². The minimum Gasteiger partial charge on any atom is -0.256 e. The first-order valence-electron chi connectivity index (χ1n) is 12.0. The van der Waals surface area contributed by atoms with Crippen molar-refractivity contribution < 1.29 is 0 Å². The SMILES string of the molecule is C1=C(c2c3ccccc3c(-c3ccnc4ccccc34)c3ccccc23)c2ccccc2CC1. The van der Waals surface area contributed by atoms with Crippen LogP contribution in [-0.4, -0.2) is 4.98 Å². The summed E-state index contributed by atoms with van der Waals surface area (Å²) in [6, 6.07) is 37.3. The maximum Gasteiger partial charge on any atom is 0.0708 e. The molecule has 1 aliphatic rings. The second-order valence-electron chi connectivity index (χ2n) is 9.03. The van der Waals surface area contributed by atoms with Crippen molar-refractivity contribution in [3.8, 4) is 11.1 Å². The van der Waals surface area contributed by atoms with E-state index < -0.39 is 0 Å². The quantitative estimate of drug-likeness (QED) is 0.249. The third-order valence-electron chi connectivity index (χ3n) is 7.19. The Bertz CT molecular complexity index is 1690. The van der Waals surface area contributed by atoms with Crippen LogP contribution in [0.25, 0.3) is 49.1 Å². The molecule has 0 N–H and O–H groups in total. The van der Waals surface area contributed by atoms with Crippen LogP contribution in [0.4, 0.5) is 0 Å². The molecular weight excluding hydrogens is 410 g/mol. The van der Waals surface area contributed by atoms with Gasteiger partial charge in [0, 0.05) is 11.6 Å². The second kappa shape index (κ2) is 7.67. The molecule has 34 heavy (non-hydrogen) atoms. The summed E-state index contributed by atoms with van der Waals surface area (Å²) in [5.41, 5.74) is 9.08. The van der Waals surface area contributed by atoms with E-state index in [4.69, 9.17) is 0 Å². The van der Waals surface area contributed by atoms with Gasteiger partial charge in [-0.15, -0.1) is 0 Å². The largest absolute Gasteiger partial charge is 0.256 e. The van der Waals surface area contributed by atoms with Crippen LogP contribution >= 0.6 is 0 Å². The van der Waals surface area contributed by atoms with Gasteiger partial charge in [-0.2, -0.15) is 0 Å². The summed E-state index contributed by atoms with van der Waals surface area (Å²) in [5.74, 6) is 0. The van der Waals surface area contributed by atoms with E-state index in [2.05, 4.69) is 114 Å². The molecule has 160 valence electrons. The van der Waals surface area contributed by atoms with Crippen LogP contribution in [0, 0.1) is 0 Å². The van der Waals surface area contributed by atoms with Crippen molar-refractivity contribution >= 4 is 38.0 Å². The molecule has 0 radical (unpaired) electrons. The normalized spacial score (nSPS) is 13.2. The van der Waals surface area contributed by atoms with Crippen molar-refractivity contribution in [2.75, 3.05) is 0 Å². The van der Waals surface area contributed by atoms with E-state index in [9.17, 15) is 0 Å². The Balaban J connectivity index is 1.65. The van der Waals surface area contributed by atoms with Crippen LogP contribution in [0.3, 0.4) is 0 Å².